The van der Waals surface area contributed by atoms with Gasteiger partial charge in [-0.05, 0) is 32.0 Å². The first-order valence-electron chi connectivity index (χ1n) is 9.62. The number of hydrogen-bond acceptors (Lipinski definition) is 7. The zero-order valence-electron chi connectivity index (χ0n) is 17.4. The quantitative estimate of drug-likeness (QED) is 0.669. The molecule has 1 aromatic carbocycles. The normalized spacial score (nSPS) is 13.7. The highest BCUT2D eigenvalue weighted by atomic mass is 16.5. The molecule has 0 atom stereocenters. The Kier molecular flexibility index (Phi) is 5.26. The van der Waals surface area contributed by atoms with Crippen molar-refractivity contribution < 1.29 is 14.3 Å². The van der Waals surface area contributed by atoms with Crippen LogP contribution in [0.2, 0.25) is 0 Å². The number of rotatable bonds is 6. The molecule has 1 aliphatic heterocycles. The van der Waals surface area contributed by atoms with Crippen LogP contribution in [0.4, 0.5) is 11.5 Å². The molecule has 9 heteroatoms. The fraction of sp³-hybridized carbons (Fsp3) is 0.333. The fourth-order valence-electron chi connectivity index (χ4n) is 3.46. The van der Waals surface area contributed by atoms with Crippen molar-refractivity contribution >= 4 is 17.4 Å². The molecule has 0 radical (unpaired) electrons. The van der Waals surface area contributed by atoms with Crippen LogP contribution in [0.3, 0.4) is 0 Å². The van der Waals surface area contributed by atoms with Crippen molar-refractivity contribution in [2.45, 2.75) is 13.8 Å². The van der Waals surface area contributed by atoms with Crippen molar-refractivity contribution in [1.29, 1.82) is 0 Å². The SMILES string of the molecule is COc1ccc(OC)c(NC(=O)C2CN(c3cc(-n4nc(C)cc4C)ncn3)C2)c1. The first-order valence-corrected chi connectivity index (χ1v) is 9.62. The zero-order valence-corrected chi connectivity index (χ0v) is 17.4. The van der Waals surface area contributed by atoms with Gasteiger partial charge in [0.15, 0.2) is 5.82 Å². The molecule has 0 spiro atoms. The van der Waals surface area contributed by atoms with Crippen LogP contribution < -0.4 is 19.7 Å². The molecule has 4 rings (SSSR count). The average molecular weight is 408 g/mol. The second-order valence-corrected chi connectivity index (χ2v) is 7.23. The van der Waals surface area contributed by atoms with E-state index >= 15 is 0 Å². The van der Waals surface area contributed by atoms with Gasteiger partial charge in [0.25, 0.3) is 0 Å². The first-order chi connectivity index (χ1) is 14.5. The van der Waals surface area contributed by atoms with Crippen LogP contribution in [-0.2, 0) is 4.79 Å². The van der Waals surface area contributed by atoms with E-state index in [1.165, 1.54) is 6.33 Å². The summed E-state index contributed by atoms with van der Waals surface area (Å²) in [6.45, 7) is 5.08. The van der Waals surface area contributed by atoms with Crippen molar-refractivity contribution in [2.24, 2.45) is 5.92 Å². The van der Waals surface area contributed by atoms with Crippen molar-refractivity contribution in [3.05, 3.63) is 48.0 Å². The van der Waals surface area contributed by atoms with Crippen LogP contribution in [0.5, 0.6) is 11.5 Å². The van der Waals surface area contributed by atoms with Crippen LogP contribution in [0.25, 0.3) is 5.82 Å². The number of aryl methyl sites for hydroxylation is 2. The van der Waals surface area contributed by atoms with Gasteiger partial charge < -0.3 is 19.7 Å². The van der Waals surface area contributed by atoms with Gasteiger partial charge in [0, 0.05) is 30.9 Å². The molecule has 0 saturated carbocycles. The molecule has 0 aliphatic carbocycles. The maximum Gasteiger partial charge on any atom is 0.231 e. The number of benzene rings is 1. The molecule has 0 unspecified atom stereocenters. The lowest BCUT2D eigenvalue weighted by molar-refractivity contribution is -0.120. The van der Waals surface area contributed by atoms with Crippen LogP contribution >= 0.6 is 0 Å². The van der Waals surface area contributed by atoms with Crippen molar-refractivity contribution in [2.75, 3.05) is 37.5 Å². The number of carbonyl (C=O) groups is 1. The Balaban J connectivity index is 1.42. The van der Waals surface area contributed by atoms with Gasteiger partial charge >= 0.3 is 0 Å². The third kappa shape index (κ3) is 3.78. The molecule has 156 valence electrons. The Morgan fingerprint density at radius 3 is 2.50 bits per heavy atom. The van der Waals surface area contributed by atoms with E-state index < -0.39 is 0 Å². The average Bonchev–Trinajstić information content (AvgIpc) is 3.05. The van der Waals surface area contributed by atoms with Crippen molar-refractivity contribution in [1.82, 2.24) is 19.7 Å². The molecule has 3 heterocycles. The number of ether oxygens (including phenoxy) is 2. The minimum Gasteiger partial charge on any atom is -0.497 e. The number of anilines is 2. The topological polar surface area (TPSA) is 94.4 Å². The number of carbonyl (C=O) groups excluding carboxylic acids is 1. The predicted octanol–water partition coefficient (Wildman–Crippen LogP) is 2.37. The summed E-state index contributed by atoms with van der Waals surface area (Å²) in [6, 6.07) is 9.19. The van der Waals surface area contributed by atoms with E-state index in [0.29, 0.717) is 36.1 Å². The van der Waals surface area contributed by atoms with E-state index in [9.17, 15) is 4.79 Å². The lowest BCUT2D eigenvalue weighted by Crippen LogP contribution is -2.52. The molecule has 1 N–H and O–H groups in total. The van der Waals surface area contributed by atoms with E-state index in [1.54, 1.807) is 37.1 Å². The summed E-state index contributed by atoms with van der Waals surface area (Å²) in [4.78, 5) is 23.4. The molecule has 1 aliphatic rings. The number of nitrogens with zero attached hydrogens (tertiary/aromatic N) is 5. The van der Waals surface area contributed by atoms with Gasteiger partial charge in [-0.1, -0.05) is 0 Å². The second kappa shape index (κ2) is 8.02. The maximum absolute atomic E-state index is 12.7. The summed E-state index contributed by atoms with van der Waals surface area (Å²) in [6.07, 6.45) is 1.52. The van der Waals surface area contributed by atoms with Crippen LogP contribution in [-0.4, -0.2) is 53.0 Å². The third-order valence-electron chi connectivity index (χ3n) is 5.11. The van der Waals surface area contributed by atoms with Gasteiger partial charge in [-0.15, -0.1) is 0 Å². The molecular formula is C21H24N6O3. The van der Waals surface area contributed by atoms with Crippen molar-refractivity contribution in [3.63, 3.8) is 0 Å². The van der Waals surface area contributed by atoms with Crippen LogP contribution in [0.1, 0.15) is 11.4 Å². The van der Waals surface area contributed by atoms with Gasteiger partial charge in [0.1, 0.15) is 23.6 Å². The largest absolute Gasteiger partial charge is 0.497 e. The zero-order chi connectivity index (χ0) is 21.3. The minimum atomic E-state index is -0.145. The van der Waals surface area contributed by atoms with E-state index in [1.807, 2.05) is 30.9 Å². The molecule has 2 aromatic heterocycles. The number of methoxy groups -OCH3 is 2. The molecule has 1 saturated heterocycles. The molecule has 30 heavy (non-hydrogen) atoms. The number of nitrogens with one attached hydrogen (secondary N) is 1. The monoisotopic (exact) mass is 408 g/mol. The molecule has 1 fully saturated rings. The third-order valence-corrected chi connectivity index (χ3v) is 5.11. The Labute approximate surface area is 174 Å². The summed E-state index contributed by atoms with van der Waals surface area (Å²) in [7, 11) is 3.15. The summed E-state index contributed by atoms with van der Waals surface area (Å²) in [5, 5.41) is 7.41. The van der Waals surface area contributed by atoms with E-state index in [4.69, 9.17) is 9.47 Å². The molecular weight excluding hydrogens is 384 g/mol. The molecule has 1 amide bonds. The predicted molar refractivity (Wildman–Crippen MR) is 113 cm³/mol. The molecule has 0 bridgehead atoms. The Hall–Kier alpha value is -3.62. The van der Waals surface area contributed by atoms with Crippen LogP contribution in [0, 0.1) is 19.8 Å². The summed E-state index contributed by atoms with van der Waals surface area (Å²) in [5.74, 6) is 2.51. The Morgan fingerprint density at radius 1 is 1.07 bits per heavy atom. The number of aromatic nitrogens is 4. The van der Waals surface area contributed by atoms with E-state index in [0.717, 1.165) is 17.2 Å². The fourth-order valence-corrected chi connectivity index (χ4v) is 3.46. The standard InChI is InChI=1S/C21H24N6O3/c1-13-7-14(2)27(25-13)20-9-19(22-12-23-20)26-10-15(11-26)21(28)24-17-8-16(29-3)5-6-18(17)30-4/h5-9,12,15H,10-11H2,1-4H3,(H,24,28). The highest BCUT2D eigenvalue weighted by molar-refractivity contribution is 5.95. The van der Waals surface area contributed by atoms with Gasteiger partial charge in [-0.3, -0.25) is 4.79 Å². The second-order valence-electron chi connectivity index (χ2n) is 7.23. The van der Waals surface area contributed by atoms with Crippen LogP contribution in [0.15, 0.2) is 36.7 Å². The van der Waals surface area contributed by atoms with Gasteiger partial charge in [0.05, 0.1) is 31.5 Å². The van der Waals surface area contributed by atoms with Crippen molar-refractivity contribution in [3.8, 4) is 17.3 Å². The summed E-state index contributed by atoms with van der Waals surface area (Å²) >= 11 is 0. The lowest BCUT2D eigenvalue weighted by atomic mass is 9.99. The summed E-state index contributed by atoms with van der Waals surface area (Å²) < 4.78 is 12.4. The maximum atomic E-state index is 12.7. The minimum absolute atomic E-state index is 0.0642. The highest BCUT2D eigenvalue weighted by Crippen LogP contribution is 2.31. The Morgan fingerprint density at radius 2 is 1.83 bits per heavy atom. The van der Waals surface area contributed by atoms with Gasteiger partial charge in [-0.25, -0.2) is 14.6 Å². The highest BCUT2D eigenvalue weighted by Gasteiger charge is 2.34. The molecule has 9 nitrogen and oxygen atoms in total. The van der Waals surface area contributed by atoms with Gasteiger partial charge in [0.2, 0.25) is 5.91 Å². The number of amides is 1. The first kappa shape index (κ1) is 19.7. The van der Waals surface area contributed by atoms with Gasteiger partial charge in [-0.2, -0.15) is 5.10 Å². The smallest absolute Gasteiger partial charge is 0.231 e. The van der Waals surface area contributed by atoms with E-state index in [2.05, 4.69) is 20.4 Å². The summed E-state index contributed by atoms with van der Waals surface area (Å²) in [5.41, 5.74) is 2.53. The Bertz CT molecular complexity index is 1070. The number of hydrogen-bond donors (Lipinski definition) is 1. The molecule has 3 aromatic rings. The lowest BCUT2D eigenvalue weighted by Gasteiger charge is -2.39. The van der Waals surface area contributed by atoms with E-state index in [-0.39, 0.29) is 11.8 Å².